The van der Waals surface area contributed by atoms with Crippen LogP contribution in [0.1, 0.15) is 23.7 Å². The van der Waals surface area contributed by atoms with E-state index in [1.165, 1.54) is 5.56 Å². The molecule has 0 amide bonds. The van der Waals surface area contributed by atoms with E-state index in [-0.39, 0.29) is 6.10 Å². The number of benzene rings is 1. The van der Waals surface area contributed by atoms with Crippen molar-refractivity contribution >= 4 is 6.29 Å². The molecular weight excluding hydrogens is 164 g/mol. The van der Waals surface area contributed by atoms with E-state index in [2.05, 4.69) is 6.07 Å². The van der Waals surface area contributed by atoms with Crippen LogP contribution in [0.25, 0.3) is 0 Å². The molecule has 0 saturated carbocycles. The van der Waals surface area contributed by atoms with Gasteiger partial charge in [-0.25, -0.2) is 0 Å². The Morgan fingerprint density at radius 1 is 1.46 bits per heavy atom. The Morgan fingerprint density at radius 2 is 2.31 bits per heavy atom. The van der Waals surface area contributed by atoms with E-state index in [0.29, 0.717) is 13.0 Å². The molecule has 1 unspecified atom stereocenters. The second-order valence-electron chi connectivity index (χ2n) is 3.16. The van der Waals surface area contributed by atoms with Crippen molar-refractivity contribution < 1.29 is 9.53 Å². The average Bonchev–Trinajstić information content (AvgIpc) is 2.19. The molecule has 1 heterocycles. The smallest absolute Gasteiger partial charge is 0.201 e. The third-order valence-electron chi connectivity index (χ3n) is 2.36. The summed E-state index contributed by atoms with van der Waals surface area (Å²) in [5, 5.41) is 0. The van der Waals surface area contributed by atoms with Crippen LogP contribution in [0.15, 0.2) is 24.3 Å². The van der Waals surface area contributed by atoms with Crippen LogP contribution < -0.4 is 0 Å². The van der Waals surface area contributed by atoms with E-state index >= 15 is 0 Å². The molecule has 2 heteroatoms. The SMILES string of the molecule is O=[C]CC1OCCc2ccccc21. The second kappa shape index (κ2) is 3.71. The molecule has 1 radical (unpaired) electrons. The summed E-state index contributed by atoms with van der Waals surface area (Å²) in [5.74, 6) is 0. The van der Waals surface area contributed by atoms with Gasteiger partial charge < -0.3 is 4.74 Å². The van der Waals surface area contributed by atoms with Gasteiger partial charge in [0.1, 0.15) is 0 Å². The summed E-state index contributed by atoms with van der Waals surface area (Å²) in [6, 6.07) is 8.11. The van der Waals surface area contributed by atoms with Crippen molar-refractivity contribution in [2.24, 2.45) is 0 Å². The molecule has 1 atom stereocenters. The summed E-state index contributed by atoms with van der Waals surface area (Å²) in [4.78, 5) is 10.3. The summed E-state index contributed by atoms with van der Waals surface area (Å²) in [6.07, 6.45) is 3.13. The van der Waals surface area contributed by atoms with Gasteiger partial charge in [0.05, 0.1) is 12.7 Å². The van der Waals surface area contributed by atoms with Gasteiger partial charge in [0.2, 0.25) is 6.29 Å². The van der Waals surface area contributed by atoms with E-state index in [4.69, 9.17) is 4.74 Å². The van der Waals surface area contributed by atoms with Gasteiger partial charge in [-0.3, -0.25) is 4.79 Å². The predicted octanol–water partition coefficient (Wildman–Crippen LogP) is 1.80. The molecule has 2 nitrogen and oxygen atoms in total. The van der Waals surface area contributed by atoms with Crippen molar-refractivity contribution in [3.63, 3.8) is 0 Å². The number of hydrogen-bond acceptors (Lipinski definition) is 2. The fourth-order valence-electron chi connectivity index (χ4n) is 1.72. The van der Waals surface area contributed by atoms with Gasteiger partial charge in [-0.2, -0.15) is 0 Å². The lowest BCUT2D eigenvalue weighted by molar-refractivity contribution is 0.0471. The summed E-state index contributed by atoms with van der Waals surface area (Å²) >= 11 is 0. The third-order valence-corrected chi connectivity index (χ3v) is 2.36. The molecule has 1 aliphatic heterocycles. The van der Waals surface area contributed by atoms with Crippen LogP contribution in [0.2, 0.25) is 0 Å². The zero-order valence-electron chi connectivity index (χ0n) is 7.32. The predicted molar refractivity (Wildman–Crippen MR) is 49.1 cm³/mol. The van der Waals surface area contributed by atoms with E-state index in [0.717, 1.165) is 12.0 Å². The minimum atomic E-state index is -0.0672. The van der Waals surface area contributed by atoms with Gasteiger partial charge >= 0.3 is 0 Å². The van der Waals surface area contributed by atoms with E-state index in [9.17, 15) is 4.79 Å². The van der Waals surface area contributed by atoms with Crippen molar-refractivity contribution in [3.05, 3.63) is 35.4 Å². The first-order valence-electron chi connectivity index (χ1n) is 4.46. The minimum absolute atomic E-state index is 0.0672. The van der Waals surface area contributed by atoms with Crippen LogP contribution >= 0.6 is 0 Å². The molecule has 0 N–H and O–H groups in total. The molecule has 1 aromatic carbocycles. The highest BCUT2D eigenvalue weighted by Crippen LogP contribution is 2.28. The molecule has 0 saturated heterocycles. The highest BCUT2D eigenvalue weighted by molar-refractivity contribution is 5.52. The van der Waals surface area contributed by atoms with Crippen molar-refractivity contribution in [2.45, 2.75) is 18.9 Å². The monoisotopic (exact) mass is 175 g/mol. The molecular formula is C11H11O2. The number of ether oxygens (including phenoxy) is 1. The van der Waals surface area contributed by atoms with E-state index in [1.54, 1.807) is 0 Å². The maximum absolute atomic E-state index is 10.3. The Hall–Kier alpha value is -1.15. The molecule has 1 aromatic rings. The molecule has 0 bridgehead atoms. The van der Waals surface area contributed by atoms with Crippen LogP contribution in [0.3, 0.4) is 0 Å². The Balaban J connectivity index is 2.31. The Morgan fingerprint density at radius 3 is 3.15 bits per heavy atom. The second-order valence-corrected chi connectivity index (χ2v) is 3.16. The number of carbonyl (C=O) groups excluding carboxylic acids is 1. The van der Waals surface area contributed by atoms with Crippen LogP contribution in [0.5, 0.6) is 0 Å². The number of rotatable bonds is 2. The summed E-state index contributed by atoms with van der Waals surface area (Å²) in [6.45, 7) is 0.712. The molecule has 13 heavy (non-hydrogen) atoms. The lowest BCUT2D eigenvalue weighted by atomic mass is 9.96. The number of fused-ring (bicyclic) bond motifs is 1. The highest BCUT2D eigenvalue weighted by Gasteiger charge is 2.19. The third kappa shape index (κ3) is 1.63. The van der Waals surface area contributed by atoms with Crippen molar-refractivity contribution in [3.8, 4) is 0 Å². The van der Waals surface area contributed by atoms with Crippen molar-refractivity contribution in [1.82, 2.24) is 0 Å². The van der Waals surface area contributed by atoms with E-state index < -0.39 is 0 Å². The molecule has 0 aliphatic carbocycles. The van der Waals surface area contributed by atoms with Crippen LogP contribution in [0, 0.1) is 0 Å². The lowest BCUT2D eigenvalue weighted by Gasteiger charge is -2.24. The van der Waals surface area contributed by atoms with Gasteiger partial charge in [0, 0.05) is 6.42 Å². The normalized spacial score (nSPS) is 20.8. The lowest BCUT2D eigenvalue weighted by Crippen LogP contribution is -2.16. The first kappa shape index (κ1) is 8.45. The molecule has 0 aromatic heterocycles. The molecule has 2 rings (SSSR count). The van der Waals surface area contributed by atoms with Gasteiger partial charge in [-0.1, -0.05) is 24.3 Å². The van der Waals surface area contributed by atoms with Gasteiger partial charge in [0.25, 0.3) is 0 Å². The fourth-order valence-corrected chi connectivity index (χ4v) is 1.72. The molecule has 0 fully saturated rings. The molecule has 67 valence electrons. The maximum Gasteiger partial charge on any atom is 0.201 e. The van der Waals surface area contributed by atoms with Gasteiger partial charge in [-0.05, 0) is 17.5 Å². The zero-order chi connectivity index (χ0) is 9.10. The minimum Gasteiger partial charge on any atom is -0.373 e. The summed E-state index contributed by atoms with van der Waals surface area (Å²) in [5.41, 5.74) is 2.45. The largest absolute Gasteiger partial charge is 0.373 e. The first-order valence-corrected chi connectivity index (χ1v) is 4.46. The summed E-state index contributed by atoms with van der Waals surface area (Å²) < 4.78 is 5.48. The topological polar surface area (TPSA) is 26.3 Å². The number of hydrogen-bond donors (Lipinski definition) is 0. The molecule has 0 spiro atoms. The van der Waals surface area contributed by atoms with Gasteiger partial charge in [-0.15, -0.1) is 0 Å². The van der Waals surface area contributed by atoms with Crippen molar-refractivity contribution in [1.29, 1.82) is 0 Å². The fraction of sp³-hybridized carbons (Fsp3) is 0.364. The first-order chi connectivity index (χ1) is 6.42. The average molecular weight is 175 g/mol. The Bertz CT molecular complexity index is 307. The maximum atomic E-state index is 10.3. The van der Waals surface area contributed by atoms with Gasteiger partial charge in [0.15, 0.2) is 0 Å². The Kier molecular flexibility index (Phi) is 2.41. The van der Waals surface area contributed by atoms with Crippen LogP contribution in [-0.2, 0) is 16.0 Å². The Labute approximate surface area is 77.5 Å². The zero-order valence-corrected chi connectivity index (χ0v) is 7.32. The van der Waals surface area contributed by atoms with Crippen LogP contribution in [-0.4, -0.2) is 12.9 Å². The summed E-state index contributed by atoms with van der Waals surface area (Å²) in [7, 11) is 0. The highest BCUT2D eigenvalue weighted by atomic mass is 16.5. The molecule has 1 aliphatic rings. The quantitative estimate of drug-likeness (QED) is 0.685. The van der Waals surface area contributed by atoms with Crippen LogP contribution in [0.4, 0.5) is 0 Å². The van der Waals surface area contributed by atoms with Crippen molar-refractivity contribution in [2.75, 3.05) is 6.61 Å². The standard InChI is InChI=1S/C11H11O2/c12-7-5-11-10-4-2-1-3-9(10)6-8-13-11/h1-4,11H,5-6,8H2. The van der Waals surface area contributed by atoms with E-state index in [1.807, 2.05) is 24.5 Å².